The Morgan fingerprint density at radius 2 is 1.56 bits per heavy atom. The first-order valence-electron chi connectivity index (χ1n) is 6.83. The fourth-order valence-corrected chi connectivity index (χ4v) is 6.39. The summed E-state index contributed by atoms with van der Waals surface area (Å²) in [6.07, 6.45) is 4.89. The van der Waals surface area contributed by atoms with E-state index in [0.29, 0.717) is 26.1 Å². The minimum atomic E-state index is -3.15. The molecule has 4 nitrogen and oxygen atoms in total. The molecule has 3 fully saturated rings. The summed E-state index contributed by atoms with van der Waals surface area (Å²) in [5, 5.41) is -0.0788. The quantitative estimate of drug-likeness (QED) is 0.729. The lowest BCUT2D eigenvalue weighted by Gasteiger charge is -2.38. The van der Waals surface area contributed by atoms with Crippen LogP contribution in [0.2, 0.25) is 0 Å². The monoisotopic (exact) mass is 293 g/mol. The largest absolute Gasteiger partial charge is 0.381 e. The van der Waals surface area contributed by atoms with E-state index in [1.807, 2.05) is 4.31 Å². The van der Waals surface area contributed by atoms with Gasteiger partial charge in [-0.1, -0.05) is 0 Å². The molecule has 3 aliphatic rings. The normalized spacial score (nSPS) is 39.1. The molecule has 0 saturated carbocycles. The summed E-state index contributed by atoms with van der Waals surface area (Å²) in [5.74, 6) is 0. The van der Waals surface area contributed by atoms with Gasteiger partial charge in [-0.25, -0.2) is 8.42 Å². The fourth-order valence-electron chi connectivity index (χ4n) is 3.63. The number of nitrogens with zero attached hydrogens (tertiary/aromatic N) is 1. The summed E-state index contributed by atoms with van der Waals surface area (Å²) >= 11 is 6.21. The smallest absolute Gasteiger partial charge is 0.217 e. The van der Waals surface area contributed by atoms with Gasteiger partial charge in [0.25, 0.3) is 0 Å². The Morgan fingerprint density at radius 3 is 2.11 bits per heavy atom. The molecule has 0 N–H and O–H groups in total. The Morgan fingerprint density at radius 1 is 1.00 bits per heavy atom. The van der Waals surface area contributed by atoms with E-state index in [1.165, 1.54) is 0 Å². The van der Waals surface area contributed by atoms with E-state index in [0.717, 1.165) is 25.7 Å². The Labute approximate surface area is 114 Å². The molecule has 104 valence electrons. The molecule has 2 unspecified atom stereocenters. The van der Waals surface area contributed by atoms with Crippen molar-refractivity contribution in [2.45, 2.75) is 61.2 Å². The van der Waals surface area contributed by atoms with Gasteiger partial charge in [0, 0.05) is 30.7 Å². The molecule has 3 aliphatic heterocycles. The number of alkyl halides is 1. The summed E-state index contributed by atoms with van der Waals surface area (Å²) in [4.78, 5) is 0. The van der Waals surface area contributed by atoms with Crippen LogP contribution in [-0.2, 0) is 14.8 Å². The Balaban J connectivity index is 1.81. The van der Waals surface area contributed by atoms with E-state index in [9.17, 15) is 8.42 Å². The lowest BCUT2D eigenvalue weighted by molar-refractivity contribution is 0.0961. The molecule has 3 saturated heterocycles. The zero-order valence-corrected chi connectivity index (χ0v) is 12.0. The van der Waals surface area contributed by atoms with Gasteiger partial charge in [0.2, 0.25) is 10.0 Å². The summed E-state index contributed by atoms with van der Waals surface area (Å²) in [5.41, 5.74) is 0. The predicted molar refractivity (Wildman–Crippen MR) is 70.3 cm³/mol. The number of halogens is 1. The van der Waals surface area contributed by atoms with Crippen LogP contribution in [0.15, 0.2) is 0 Å². The van der Waals surface area contributed by atoms with E-state index < -0.39 is 10.0 Å². The summed E-state index contributed by atoms with van der Waals surface area (Å²) in [7, 11) is -3.15. The van der Waals surface area contributed by atoms with E-state index in [4.69, 9.17) is 16.3 Å². The van der Waals surface area contributed by atoms with Crippen LogP contribution in [0.1, 0.15) is 38.5 Å². The van der Waals surface area contributed by atoms with Gasteiger partial charge in [-0.3, -0.25) is 0 Å². The zero-order chi connectivity index (χ0) is 12.8. The zero-order valence-electron chi connectivity index (χ0n) is 10.4. The van der Waals surface area contributed by atoms with Crippen LogP contribution in [0.3, 0.4) is 0 Å². The van der Waals surface area contributed by atoms with E-state index in [1.54, 1.807) is 0 Å². The van der Waals surface area contributed by atoms with Gasteiger partial charge in [-0.05, 0) is 38.5 Å². The number of rotatable bonds is 2. The van der Waals surface area contributed by atoms with Gasteiger partial charge in [-0.15, -0.1) is 11.6 Å². The van der Waals surface area contributed by atoms with Crippen LogP contribution in [0.25, 0.3) is 0 Å². The third-order valence-corrected chi connectivity index (χ3v) is 7.35. The Bertz CT molecular complexity index is 394. The second-order valence-electron chi connectivity index (χ2n) is 5.64. The first-order chi connectivity index (χ1) is 8.59. The highest BCUT2D eigenvalue weighted by molar-refractivity contribution is 7.89. The number of hydrogen-bond acceptors (Lipinski definition) is 3. The van der Waals surface area contributed by atoms with Crippen molar-refractivity contribution in [3.05, 3.63) is 0 Å². The molecule has 0 spiro atoms. The van der Waals surface area contributed by atoms with Crippen molar-refractivity contribution in [2.24, 2.45) is 0 Å². The molecule has 0 aliphatic carbocycles. The lowest BCUT2D eigenvalue weighted by Crippen LogP contribution is -2.51. The summed E-state index contributed by atoms with van der Waals surface area (Å²) in [6, 6.07) is 0.304. The van der Waals surface area contributed by atoms with Crippen LogP contribution in [0.5, 0.6) is 0 Å². The second kappa shape index (κ2) is 4.93. The van der Waals surface area contributed by atoms with Crippen molar-refractivity contribution >= 4 is 21.6 Å². The molecule has 18 heavy (non-hydrogen) atoms. The topological polar surface area (TPSA) is 46.6 Å². The molecule has 3 rings (SSSR count). The van der Waals surface area contributed by atoms with E-state index in [-0.39, 0.29) is 22.7 Å². The van der Waals surface area contributed by atoms with Crippen LogP contribution < -0.4 is 0 Å². The van der Waals surface area contributed by atoms with Crippen LogP contribution in [0, 0.1) is 0 Å². The average molecular weight is 294 g/mol. The maximum atomic E-state index is 12.7. The molecule has 0 aromatic rings. The van der Waals surface area contributed by atoms with Crippen LogP contribution in [-0.4, -0.2) is 48.6 Å². The minimum Gasteiger partial charge on any atom is -0.381 e. The summed E-state index contributed by atoms with van der Waals surface area (Å²) < 4.78 is 32.5. The molecule has 2 bridgehead atoms. The van der Waals surface area contributed by atoms with Crippen LogP contribution in [0.4, 0.5) is 0 Å². The molecule has 0 aromatic carbocycles. The van der Waals surface area contributed by atoms with Gasteiger partial charge in [0.1, 0.15) is 0 Å². The van der Waals surface area contributed by atoms with Crippen molar-refractivity contribution in [1.29, 1.82) is 0 Å². The number of sulfonamides is 1. The second-order valence-corrected chi connectivity index (χ2v) is 8.38. The minimum absolute atomic E-state index is 0.152. The first-order valence-corrected chi connectivity index (χ1v) is 8.77. The van der Waals surface area contributed by atoms with Gasteiger partial charge < -0.3 is 4.74 Å². The van der Waals surface area contributed by atoms with Gasteiger partial charge in [0.05, 0.1) is 5.25 Å². The molecule has 0 amide bonds. The highest BCUT2D eigenvalue weighted by atomic mass is 35.5. The number of piperidine rings is 1. The third kappa shape index (κ3) is 2.19. The SMILES string of the molecule is O=S(=O)(C1CCOCC1)N1C2CCC1CC(Cl)C2. The van der Waals surface area contributed by atoms with Gasteiger partial charge in [-0.2, -0.15) is 4.31 Å². The van der Waals surface area contributed by atoms with Crippen molar-refractivity contribution < 1.29 is 13.2 Å². The maximum Gasteiger partial charge on any atom is 0.217 e. The molecular weight excluding hydrogens is 274 g/mol. The Hall–Kier alpha value is 0.160. The highest BCUT2D eigenvalue weighted by Gasteiger charge is 2.48. The Kier molecular flexibility index (Phi) is 3.60. The molecule has 0 aromatic heterocycles. The number of fused-ring (bicyclic) bond motifs is 2. The standard InChI is InChI=1S/C12H20ClNO3S/c13-9-7-10-1-2-11(8-9)14(10)18(15,16)12-3-5-17-6-4-12/h9-12H,1-8H2. The molecule has 3 heterocycles. The fraction of sp³-hybridized carbons (Fsp3) is 1.00. The first kappa shape index (κ1) is 13.2. The van der Waals surface area contributed by atoms with Crippen molar-refractivity contribution in [1.82, 2.24) is 4.31 Å². The molecule has 2 atom stereocenters. The van der Waals surface area contributed by atoms with Gasteiger partial charge >= 0.3 is 0 Å². The van der Waals surface area contributed by atoms with Crippen molar-refractivity contribution in [2.75, 3.05) is 13.2 Å². The third-order valence-electron chi connectivity index (χ3n) is 4.49. The summed E-state index contributed by atoms with van der Waals surface area (Å²) in [6.45, 7) is 1.15. The van der Waals surface area contributed by atoms with E-state index in [2.05, 4.69) is 0 Å². The van der Waals surface area contributed by atoms with Crippen molar-refractivity contribution in [3.8, 4) is 0 Å². The molecular formula is C12H20ClNO3S. The average Bonchev–Trinajstić information content (AvgIpc) is 2.64. The maximum absolute atomic E-state index is 12.7. The highest BCUT2D eigenvalue weighted by Crippen LogP contribution is 2.41. The number of ether oxygens (including phenoxy) is 1. The van der Waals surface area contributed by atoms with Crippen molar-refractivity contribution in [3.63, 3.8) is 0 Å². The molecule has 6 heteroatoms. The predicted octanol–water partition coefficient (Wildman–Crippen LogP) is 1.73. The number of hydrogen-bond donors (Lipinski definition) is 0. The lowest BCUT2D eigenvalue weighted by atomic mass is 10.1. The van der Waals surface area contributed by atoms with Crippen LogP contribution >= 0.6 is 11.6 Å². The van der Waals surface area contributed by atoms with Gasteiger partial charge in [0.15, 0.2) is 0 Å². The molecule has 0 radical (unpaired) electrons. The van der Waals surface area contributed by atoms with E-state index >= 15 is 0 Å².